The Hall–Kier alpha value is -3.53. The molecule has 0 aliphatic carbocycles. The highest BCUT2D eigenvalue weighted by Gasteiger charge is 2.22. The third-order valence-electron chi connectivity index (χ3n) is 3.60. The van der Waals surface area contributed by atoms with Gasteiger partial charge in [-0.15, -0.1) is 0 Å². The van der Waals surface area contributed by atoms with Crippen LogP contribution in [0.1, 0.15) is 16.1 Å². The van der Waals surface area contributed by atoms with Gasteiger partial charge in [-0.1, -0.05) is 6.07 Å². The number of nitrogens with two attached hydrogens (primary N) is 1. The summed E-state index contributed by atoms with van der Waals surface area (Å²) in [6, 6.07) is 8.76. The molecule has 0 spiro atoms. The minimum absolute atomic E-state index is 0.0428. The summed E-state index contributed by atoms with van der Waals surface area (Å²) in [6.45, 7) is 0. The van der Waals surface area contributed by atoms with E-state index in [0.717, 1.165) is 0 Å². The van der Waals surface area contributed by atoms with Crippen molar-refractivity contribution >= 4 is 22.4 Å². The number of benzene rings is 1. The van der Waals surface area contributed by atoms with E-state index in [1.165, 1.54) is 24.1 Å². The van der Waals surface area contributed by atoms with E-state index in [2.05, 4.69) is 4.98 Å². The molecule has 3 aromatic rings. The molecule has 2 heterocycles. The summed E-state index contributed by atoms with van der Waals surface area (Å²) in [4.78, 5) is 26.6. The quantitative estimate of drug-likeness (QED) is 0.697. The topological polar surface area (TPSA) is 114 Å². The van der Waals surface area contributed by atoms with Crippen LogP contribution in [0.15, 0.2) is 41.5 Å². The van der Waals surface area contributed by atoms with E-state index in [-0.39, 0.29) is 22.5 Å². The molecule has 0 amide bonds. The summed E-state index contributed by atoms with van der Waals surface area (Å²) >= 11 is 0. The molecule has 23 heavy (non-hydrogen) atoms. The zero-order chi connectivity index (χ0) is 16.6. The first-order valence-corrected chi connectivity index (χ1v) is 6.68. The Morgan fingerprint density at radius 3 is 2.83 bits per heavy atom. The number of nitrogens with zero attached hydrogens (tertiary/aromatic N) is 2. The van der Waals surface area contributed by atoms with Crippen LogP contribution < -0.4 is 11.3 Å². The second-order valence-electron chi connectivity index (χ2n) is 4.82. The van der Waals surface area contributed by atoms with Gasteiger partial charge in [0, 0.05) is 23.2 Å². The zero-order valence-electron chi connectivity index (χ0n) is 12.2. The molecule has 0 aliphatic rings. The van der Waals surface area contributed by atoms with Gasteiger partial charge in [0.1, 0.15) is 6.07 Å². The van der Waals surface area contributed by atoms with Gasteiger partial charge in [0.05, 0.1) is 24.0 Å². The maximum atomic E-state index is 12.1. The fraction of sp³-hybridized carbons (Fsp3) is 0.0625. The Kier molecular flexibility index (Phi) is 3.35. The van der Waals surface area contributed by atoms with Crippen LogP contribution in [-0.2, 0) is 4.74 Å². The molecule has 0 fully saturated rings. The number of anilines is 1. The van der Waals surface area contributed by atoms with Gasteiger partial charge in [0.15, 0.2) is 5.69 Å². The average Bonchev–Trinajstić information content (AvgIpc) is 2.90. The molecule has 0 bridgehead atoms. The largest absolute Gasteiger partial charge is 0.464 e. The molecule has 0 aliphatic heterocycles. The van der Waals surface area contributed by atoms with Crippen LogP contribution in [0.25, 0.3) is 16.5 Å². The molecule has 7 nitrogen and oxygen atoms in total. The van der Waals surface area contributed by atoms with E-state index >= 15 is 0 Å². The summed E-state index contributed by atoms with van der Waals surface area (Å²) in [6.07, 6.45) is 2.97. The maximum absolute atomic E-state index is 12.1. The highest BCUT2D eigenvalue weighted by atomic mass is 16.5. The van der Waals surface area contributed by atoms with Crippen molar-refractivity contribution in [2.75, 3.05) is 12.8 Å². The van der Waals surface area contributed by atoms with Gasteiger partial charge in [-0.2, -0.15) is 5.26 Å². The second kappa shape index (κ2) is 5.35. The first-order valence-electron chi connectivity index (χ1n) is 6.68. The predicted molar refractivity (Wildman–Crippen MR) is 84.4 cm³/mol. The second-order valence-corrected chi connectivity index (χ2v) is 4.82. The van der Waals surface area contributed by atoms with Crippen molar-refractivity contribution in [1.29, 1.82) is 5.26 Å². The Bertz CT molecular complexity index is 1020. The summed E-state index contributed by atoms with van der Waals surface area (Å²) < 4.78 is 6.23. The lowest BCUT2D eigenvalue weighted by Gasteiger charge is -2.11. The lowest BCUT2D eigenvalue weighted by atomic mass is 10.1. The van der Waals surface area contributed by atoms with Crippen molar-refractivity contribution in [1.82, 2.24) is 9.55 Å². The van der Waals surface area contributed by atoms with E-state index in [4.69, 9.17) is 15.7 Å². The normalized spacial score (nSPS) is 10.4. The van der Waals surface area contributed by atoms with Gasteiger partial charge in [-0.3, -0.25) is 4.79 Å². The molecule has 0 saturated carbocycles. The monoisotopic (exact) mass is 308 g/mol. The number of pyridine rings is 1. The summed E-state index contributed by atoms with van der Waals surface area (Å²) in [7, 11) is 1.24. The Labute approximate surface area is 130 Å². The SMILES string of the molecule is COC(=O)c1c(N)c(C#N)cn1-c1cccc2c(=O)[nH]ccc12. The third-order valence-corrected chi connectivity index (χ3v) is 3.60. The summed E-state index contributed by atoms with van der Waals surface area (Å²) in [5.74, 6) is -0.661. The van der Waals surface area contributed by atoms with Crippen LogP contribution in [-0.4, -0.2) is 22.6 Å². The van der Waals surface area contributed by atoms with E-state index in [0.29, 0.717) is 16.5 Å². The Morgan fingerprint density at radius 1 is 1.35 bits per heavy atom. The van der Waals surface area contributed by atoms with Crippen molar-refractivity contribution in [2.45, 2.75) is 0 Å². The molecule has 3 rings (SSSR count). The number of esters is 1. The number of aromatic amines is 1. The van der Waals surface area contributed by atoms with Gasteiger partial charge in [-0.25, -0.2) is 4.79 Å². The minimum atomic E-state index is -0.661. The number of nitriles is 1. The van der Waals surface area contributed by atoms with E-state index in [1.807, 2.05) is 6.07 Å². The third kappa shape index (κ3) is 2.13. The van der Waals surface area contributed by atoms with Crippen LogP contribution in [0, 0.1) is 11.3 Å². The minimum Gasteiger partial charge on any atom is -0.464 e. The fourth-order valence-electron chi connectivity index (χ4n) is 2.52. The summed E-state index contributed by atoms with van der Waals surface area (Å²) in [5.41, 5.74) is 6.46. The van der Waals surface area contributed by atoms with E-state index < -0.39 is 5.97 Å². The molecular formula is C16H12N4O3. The first kappa shape index (κ1) is 14.4. The predicted octanol–water partition coefficient (Wildman–Crippen LogP) is 1.56. The number of fused-ring (bicyclic) bond motifs is 1. The molecule has 114 valence electrons. The first-order chi connectivity index (χ1) is 11.1. The summed E-state index contributed by atoms with van der Waals surface area (Å²) in [5, 5.41) is 10.3. The van der Waals surface area contributed by atoms with Crippen molar-refractivity contribution in [2.24, 2.45) is 0 Å². The average molecular weight is 308 g/mol. The van der Waals surface area contributed by atoms with E-state index in [1.54, 1.807) is 24.3 Å². The molecule has 0 saturated heterocycles. The number of aromatic nitrogens is 2. The highest BCUT2D eigenvalue weighted by molar-refractivity contribution is 5.98. The lowest BCUT2D eigenvalue weighted by molar-refractivity contribution is 0.0593. The number of rotatable bonds is 2. The van der Waals surface area contributed by atoms with Crippen LogP contribution in [0.5, 0.6) is 0 Å². The Balaban J connectivity index is 2.41. The number of H-pyrrole nitrogens is 1. The molecule has 0 atom stereocenters. The number of hydrogen-bond donors (Lipinski definition) is 2. The van der Waals surface area contributed by atoms with Crippen molar-refractivity contribution in [3.05, 3.63) is 58.3 Å². The standard InChI is InChI=1S/C16H12N4O3/c1-23-16(22)14-13(18)9(7-17)8-20(14)12-4-2-3-11-10(12)5-6-19-15(11)21/h2-6,8H,18H2,1H3,(H,19,21). The van der Waals surface area contributed by atoms with Gasteiger partial charge in [0.2, 0.25) is 0 Å². The highest BCUT2D eigenvalue weighted by Crippen LogP contribution is 2.28. The molecule has 0 unspecified atom stereocenters. The van der Waals surface area contributed by atoms with Crippen LogP contribution in [0.3, 0.4) is 0 Å². The number of carbonyl (C=O) groups is 1. The molecule has 1 aromatic carbocycles. The number of carbonyl (C=O) groups excluding carboxylic acids is 1. The van der Waals surface area contributed by atoms with Gasteiger partial charge in [-0.05, 0) is 18.2 Å². The van der Waals surface area contributed by atoms with Crippen LogP contribution in [0.4, 0.5) is 5.69 Å². The Morgan fingerprint density at radius 2 is 2.13 bits per heavy atom. The number of nitrogen functional groups attached to an aromatic ring is 1. The van der Waals surface area contributed by atoms with Crippen molar-refractivity contribution in [3.63, 3.8) is 0 Å². The van der Waals surface area contributed by atoms with Gasteiger partial charge in [0.25, 0.3) is 5.56 Å². The number of methoxy groups -OCH3 is 1. The molecule has 7 heteroatoms. The molecular weight excluding hydrogens is 296 g/mol. The van der Waals surface area contributed by atoms with Gasteiger partial charge >= 0.3 is 5.97 Å². The maximum Gasteiger partial charge on any atom is 0.357 e. The van der Waals surface area contributed by atoms with Gasteiger partial charge < -0.3 is 20.0 Å². The van der Waals surface area contributed by atoms with Crippen LogP contribution >= 0.6 is 0 Å². The van der Waals surface area contributed by atoms with Crippen molar-refractivity contribution < 1.29 is 9.53 Å². The smallest absolute Gasteiger partial charge is 0.357 e. The number of nitrogens with one attached hydrogen (secondary N) is 1. The van der Waals surface area contributed by atoms with Crippen molar-refractivity contribution in [3.8, 4) is 11.8 Å². The van der Waals surface area contributed by atoms with Crippen LogP contribution in [0.2, 0.25) is 0 Å². The number of hydrogen-bond acceptors (Lipinski definition) is 5. The molecule has 2 aromatic heterocycles. The molecule has 3 N–H and O–H groups in total. The fourth-order valence-corrected chi connectivity index (χ4v) is 2.52. The zero-order valence-corrected chi connectivity index (χ0v) is 12.2. The number of ether oxygens (including phenoxy) is 1. The lowest BCUT2D eigenvalue weighted by Crippen LogP contribution is -2.12. The van der Waals surface area contributed by atoms with E-state index in [9.17, 15) is 9.59 Å². The molecule has 0 radical (unpaired) electrons.